The van der Waals surface area contributed by atoms with Crippen molar-refractivity contribution < 1.29 is 26.3 Å². The highest BCUT2D eigenvalue weighted by molar-refractivity contribution is 6.13. The maximum absolute atomic E-state index is 15.5. The van der Waals surface area contributed by atoms with Gasteiger partial charge in [0.05, 0.1) is 39.2 Å². The molecular formula is C60H37F6N3. The molecule has 0 saturated heterocycles. The minimum Gasteiger partial charge on any atom is -0.308 e. The molecule has 0 aliphatic heterocycles. The molecule has 11 aromatic rings. The summed E-state index contributed by atoms with van der Waals surface area (Å²) < 4.78 is 94.8. The number of fused-ring (bicyclic) bond motifs is 3. The fraction of sp³-hybridized carbons (Fsp3) is 0.0333. The second-order valence-electron chi connectivity index (χ2n) is 16.7. The van der Waals surface area contributed by atoms with Crippen molar-refractivity contribution >= 4 is 21.8 Å². The van der Waals surface area contributed by atoms with Gasteiger partial charge in [-0.3, -0.25) is 0 Å². The summed E-state index contributed by atoms with van der Waals surface area (Å²) in [6.45, 7) is 0. The number of hydrogen-bond acceptors (Lipinski definition) is 2. The predicted octanol–water partition coefficient (Wildman–Crippen LogP) is 17.3. The number of hydrogen-bond donors (Lipinski definition) is 0. The van der Waals surface area contributed by atoms with Crippen LogP contribution >= 0.6 is 0 Å². The van der Waals surface area contributed by atoms with Crippen molar-refractivity contribution in [2.45, 2.75) is 12.4 Å². The molecule has 2 heterocycles. The van der Waals surface area contributed by atoms with Gasteiger partial charge in [-0.05, 0) is 88.0 Å². The van der Waals surface area contributed by atoms with Crippen LogP contribution in [0.4, 0.5) is 26.3 Å². The highest BCUT2D eigenvalue weighted by Crippen LogP contribution is 2.49. The Morgan fingerprint density at radius 3 is 1.06 bits per heavy atom. The Bertz CT molecular complexity index is 3440. The maximum Gasteiger partial charge on any atom is 0.417 e. The van der Waals surface area contributed by atoms with Crippen molar-refractivity contribution in [3.8, 4) is 84.1 Å². The summed E-state index contributed by atoms with van der Waals surface area (Å²) in [6.07, 6.45) is -9.71. The maximum atomic E-state index is 15.5. The SMILES string of the molecule is FC(F)(F)c1ccccc1-c1cc(-c2nc(-c3ccccc3)cc(-c3ccccc3)n2)cc(-c2ccccc2C(F)(F)F)c1-n1c2ccc(-c3ccccc3)cc2c2cc(-c3ccccc3)ccc21. The number of benzene rings is 9. The van der Waals surface area contributed by atoms with E-state index in [1.54, 1.807) is 12.1 Å². The van der Waals surface area contributed by atoms with Crippen LogP contribution in [-0.2, 0) is 12.4 Å². The van der Waals surface area contributed by atoms with Crippen LogP contribution in [0.25, 0.3) is 106 Å². The monoisotopic (exact) mass is 913 g/mol. The second-order valence-corrected chi connectivity index (χ2v) is 16.7. The molecule has 0 amide bonds. The molecule has 0 saturated carbocycles. The van der Waals surface area contributed by atoms with E-state index in [0.717, 1.165) is 56.3 Å². The zero-order valence-electron chi connectivity index (χ0n) is 36.5. The van der Waals surface area contributed by atoms with E-state index in [-0.39, 0.29) is 39.3 Å². The minimum absolute atomic E-state index is 0.0282. The van der Waals surface area contributed by atoms with E-state index < -0.39 is 23.5 Å². The summed E-state index contributed by atoms with van der Waals surface area (Å²) in [7, 11) is 0. The molecule has 0 N–H and O–H groups in total. The van der Waals surface area contributed by atoms with Gasteiger partial charge in [0.2, 0.25) is 0 Å². The van der Waals surface area contributed by atoms with E-state index in [1.165, 1.54) is 36.4 Å². The van der Waals surface area contributed by atoms with E-state index in [9.17, 15) is 0 Å². The standard InChI is InChI=1S/C60H37F6N3/c61-59(62,63)51-27-15-13-25-45(51)49-35-44(58-67-53(40-21-9-3-10-22-40)37-54(68-58)41-23-11-4-12-24-41)36-50(46-26-14-16-28-52(46)60(64,65)66)57(49)69-55-31-29-42(38-17-5-1-6-18-38)33-47(55)48-34-43(30-32-56(48)69)39-19-7-2-8-20-39/h1-37H. The second kappa shape index (κ2) is 17.3. The summed E-state index contributed by atoms with van der Waals surface area (Å²) >= 11 is 0. The third-order valence-electron chi connectivity index (χ3n) is 12.5. The quantitative estimate of drug-likeness (QED) is 0.142. The first-order valence-corrected chi connectivity index (χ1v) is 22.2. The number of aromatic nitrogens is 3. The number of nitrogens with zero attached hydrogens (tertiary/aromatic N) is 3. The molecular weight excluding hydrogens is 877 g/mol. The van der Waals surface area contributed by atoms with Crippen molar-refractivity contribution in [1.82, 2.24) is 14.5 Å². The fourth-order valence-corrected chi connectivity index (χ4v) is 9.32. The molecule has 0 spiro atoms. The molecule has 0 aliphatic carbocycles. The Kier molecular flexibility index (Phi) is 10.8. The van der Waals surface area contributed by atoms with Crippen LogP contribution < -0.4 is 0 Å². The largest absolute Gasteiger partial charge is 0.417 e. The Hall–Kier alpha value is -8.56. The van der Waals surface area contributed by atoms with Gasteiger partial charge in [0, 0.05) is 38.6 Å². The van der Waals surface area contributed by atoms with E-state index in [1.807, 2.05) is 168 Å². The van der Waals surface area contributed by atoms with E-state index in [4.69, 9.17) is 9.97 Å². The van der Waals surface area contributed by atoms with Gasteiger partial charge in [-0.2, -0.15) is 26.3 Å². The predicted molar refractivity (Wildman–Crippen MR) is 264 cm³/mol. The van der Waals surface area contributed by atoms with Crippen molar-refractivity contribution in [3.05, 3.63) is 236 Å². The highest BCUT2D eigenvalue weighted by Gasteiger charge is 2.37. The third kappa shape index (κ3) is 8.12. The Balaban J connectivity index is 1.31. The molecule has 2 aromatic heterocycles. The average molecular weight is 914 g/mol. The number of rotatable bonds is 8. The first-order valence-electron chi connectivity index (χ1n) is 22.2. The van der Waals surface area contributed by atoms with E-state index >= 15 is 26.3 Å². The molecule has 0 unspecified atom stereocenters. The average Bonchev–Trinajstić information content (AvgIpc) is 3.71. The minimum atomic E-state index is -4.85. The van der Waals surface area contributed by atoms with Crippen LogP contribution in [0.3, 0.4) is 0 Å². The lowest BCUT2D eigenvalue weighted by Gasteiger charge is -2.24. The smallest absolute Gasteiger partial charge is 0.308 e. The molecule has 69 heavy (non-hydrogen) atoms. The van der Waals surface area contributed by atoms with Crippen molar-refractivity contribution in [1.29, 1.82) is 0 Å². The molecule has 0 atom stereocenters. The molecule has 0 aliphatic rings. The first kappa shape index (κ1) is 43.0. The van der Waals surface area contributed by atoms with Crippen molar-refractivity contribution in [3.63, 3.8) is 0 Å². The van der Waals surface area contributed by atoms with Crippen LogP contribution in [-0.4, -0.2) is 14.5 Å². The lowest BCUT2D eigenvalue weighted by atomic mass is 9.88. The summed E-state index contributed by atoms with van der Waals surface area (Å²) in [5.74, 6) is 0.112. The first-order chi connectivity index (χ1) is 33.5. The Morgan fingerprint density at radius 2 is 0.667 bits per heavy atom. The molecule has 3 nitrogen and oxygen atoms in total. The van der Waals surface area contributed by atoms with Gasteiger partial charge in [-0.25, -0.2) is 9.97 Å². The van der Waals surface area contributed by atoms with Crippen LogP contribution in [0.1, 0.15) is 11.1 Å². The van der Waals surface area contributed by atoms with E-state index in [2.05, 4.69) is 0 Å². The van der Waals surface area contributed by atoms with Crippen LogP contribution in [0.2, 0.25) is 0 Å². The topological polar surface area (TPSA) is 30.7 Å². The van der Waals surface area contributed by atoms with E-state index in [0.29, 0.717) is 22.4 Å². The normalized spacial score (nSPS) is 11.9. The fourth-order valence-electron chi connectivity index (χ4n) is 9.32. The third-order valence-corrected chi connectivity index (χ3v) is 12.5. The highest BCUT2D eigenvalue weighted by atomic mass is 19.4. The summed E-state index contributed by atoms with van der Waals surface area (Å²) in [4.78, 5) is 10.0. The van der Waals surface area contributed by atoms with Crippen molar-refractivity contribution in [2.75, 3.05) is 0 Å². The van der Waals surface area contributed by atoms with Gasteiger partial charge < -0.3 is 4.57 Å². The van der Waals surface area contributed by atoms with Crippen LogP contribution in [0.15, 0.2) is 224 Å². The lowest BCUT2D eigenvalue weighted by molar-refractivity contribution is -0.137. The summed E-state index contributed by atoms with van der Waals surface area (Å²) in [6, 6.07) is 65.4. The van der Waals surface area contributed by atoms with Gasteiger partial charge >= 0.3 is 12.4 Å². The molecule has 0 fully saturated rings. The summed E-state index contributed by atoms with van der Waals surface area (Å²) in [5, 5.41) is 1.51. The number of halogens is 6. The van der Waals surface area contributed by atoms with Gasteiger partial charge in [0.1, 0.15) is 0 Å². The van der Waals surface area contributed by atoms with Crippen LogP contribution in [0, 0.1) is 0 Å². The Labute approximate surface area is 393 Å². The molecule has 9 heteroatoms. The van der Waals surface area contributed by atoms with Gasteiger partial charge in [-0.15, -0.1) is 0 Å². The van der Waals surface area contributed by atoms with Crippen LogP contribution in [0.5, 0.6) is 0 Å². The molecule has 0 bridgehead atoms. The van der Waals surface area contributed by atoms with Crippen molar-refractivity contribution in [2.24, 2.45) is 0 Å². The molecule has 11 rings (SSSR count). The Morgan fingerprint density at radius 1 is 0.304 bits per heavy atom. The molecule has 334 valence electrons. The zero-order chi connectivity index (χ0) is 47.3. The van der Waals surface area contributed by atoms with Gasteiger partial charge in [0.25, 0.3) is 0 Å². The molecule has 9 aromatic carbocycles. The summed E-state index contributed by atoms with van der Waals surface area (Å²) in [5.41, 5.74) is 5.35. The van der Waals surface area contributed by atoms with Gasteiger partial charge in [-0.1, -0.05) is 170 Å². The molecule has 0 radical (unpaired) electrons. The lowest BCUT2D eigenvalue weighted by Crippen LogP contribution is -2.11. The zero-order valence-corrected chi connectivity index (χ0v) is 36.5. The number of alkyl halides is 6. The van der Waals surface area contributed by atoms with Gasteiger partial charge in [0.15, 0.2) is 5.82 Å².